The van der Waals surface area contributed by atoms with Gasteiger partial charge in [0.25, 0.3) is 5.91 Å². The van der Waals surface area contributed by atoms with Crippen LogP contribution in [0, 0.1) is 11.3 Å². The lowest BCUT2D eigenvalue weighted by atomic mass is 9.64. The lowest BCUT2D eigenvalue weighted by Crippen LogP contribution is -2.54. The van der Waals surface area contributed by atoms with Crippen LogP contribution in [-0.4, -0.2) is 48.0 Å². The maximum Gasteiger partial charge on any atom is 0.373 e. The predicted octanol–water partition coefficient (Wildman–Crippen LogP) is 2.25. The highest BCUT2D eigenvalue weighted by Crippen LogP contribution is 2.46. The zero-order chi connectivity index (χ0) is 21.4. The van der Waals surface area contributed by atoms with Crippen LogP contribution in [0.3, 0.4) is 0 Å². The van der Waals surface area contributed by atoms with Gasteiger partial charge in [0.15, 0.2) is 0 Å². The number of hydrogen-bond acceptors (Lipinski definition) is 7. The number of ether oxygens (including phenoxy) is 2. The summed E-state index contributed by atoms with van der Waals surface area (Å²) in [7, 11) is 1.23. The fourth-order valence-electron chi connectivity index (χ4n) is 4.64. The van der Waals surface area contributed by atoms with Crippen LogP contribution in [0.1, 0.15) is 56.3 Å². The molecule has 0 unspecified atom stereocenters. The molecular weight excluding hydrogens is 380 g/mol. The fourth-order valence-corrected chi connectivity index (χ4v) is 4.64. The number of esters is 2. The average Bonchev–Trinajstić information content (AvgIpc) is 3.17. The van der Waals surface area contributed by atoms with Crippen LogP contribution < -0.4 is 5.32 Å². The average molecular weight is 406 g/mol. The van der Waals surface area contributed by atoms with Gasteiger partial charge < -0.3 is 19.2 Å². The Hall–Kier alpha value is -2.84. The number of rotatable bonds is 5. The molecule has 0 aromatic carbocycles. The molecule has 1 saturated carbocycles. The molecule has 9 heteroatoms. The molecule has 1 aromatic rings. The predicted molar refractivity (Wildman–Crippen MR) is 99.6 cm³/mol. The number of carbonyl (C=O) groups excluding carboxylic acids is 4. The monoisotopic (exact) mass is 406 g/mol. The van der Waals surface area contributed by atoms with E-state index in [1.165, 1.54) is 19.2 Å². The molecule has 0 bridgehead atoms. The van der Waals surface area contributed by atoms with Crippen molar-refractivity contribution < 1.29 is 33.1 Å². The first-order chi connectivity index (χ1) is 13.5. The van der Waals surface area contributed by atoms with Crippen LogP contribution in [0.5, 0.6) is 0 Å². The summed E-state index contributed by atoms with van der Waals surface area (Å²) < 4.78 is 14.8. The van der Waals surface area contributed by atoms with Crippen molar-refractivity contribution in [3.63, 3.8) is 0 Å². The van der Waals surface area contributed by atoms with Gasteiger partial charge in [-0.05, 0) is 42.7 Å². The minimum atomic E-state index is -0.963. The number of carbonyl (C=O) groups is 4. The molecule has 2 atom stereocenters. The summed E-state index contributed by atoms with van der Waals surface area (Å²) >= 11 is 0. The molecule has 0 radical (unpaired) electrons. The van der Waals surface area contributed by atoms with Gasteiger partial charge in [0.05, 0.1) is 7.11 Å². The van der Waals surface area contributed by atoms with Gasteiger partial charge in [-0.1, -0.05) is 20.8 Å². The molecule has 1 saturated heterocycles. The van der Waals surface area contributed by atoms with Crippen molar-refractivity contribution in [2.24, 2.45) is 11.3 Å². The van der Waals surface area contributed by atoms with Crippen molar-refractivity contribution in [1.82, 2.24) is 10.2 Å². The van der Waals surface area contributed by atoms with E-state index in [0.717, 1.165) is 11.3 Å². The lowest BCUT2D eigenvalue weighted by molar-refractivity contribution is -0.150. The normalized spacial score (nSPS) is 25.8. The number of nitrogens with zero attached hydrogens (tertiary/aromatic N) is 1. The van der Waals surface area contributed by atoms with Gasteiger partial charge >= 0.3 is 18.0 Å². The first kappa shape index (κ1) is 20.9. The summed E-state index contributed by atoms with van der Waals surface area (Å²) in [5.41, 5.74) is -1.05. The number of urea groups is 1. The molecule has 3 amide bonds. The molecule has 1 aromatic heterocycles. The molecule has 2 fully saturated rings. The highest BCUT2D eigenvalue weighted by Gasteiger charge is 2.56. The standard InChI is InChI=1S/C20H26N2O7/c1-12-7-19(2,3)11-20(8-12)17(25)22(18(26)21-20)9-15(23)28-10-13-5-6-14(29-13)16(24)27-4/h5-6,12H,7-11H2,1-4H3,(H,21,26)/t12-,20-/m1/s1. The van der Waals surface area contributed by atoms with Crippen molar-refractivity contribution in [2.45, 2.75) is 52.2 Å². The van der Waals surface area contributed by atoms with Crippen LogP contribution in [0.2, 0.25) is 0 Å². The Morgan fingerprint density at radius 3 is 2.66 bits per heavy atom. The van der Waals surface area contributed by atoms with Crippen molar-refractivity contribution in [3.8, 4) is 0 Å². The second-order valence-corrected chi connectivity index (χ2v) is 8.68. The summed E-state index contributed by atoms with van der Waals surface area (Å²) in [6, 6.07) is 2.30. The van der Waals surface area contributed by atoms with E-state index in [1.807, 2.05) is 0 Å². The highest BCUT2D eigenvalue weighted by molar-refractivity contribution is 6.08. The van der Waals surface area contributed by atoms with E-state index in [2.05, 4.69) is 30.8 Å². The van der Waals surface area contributed by atoms with E-state index in [4.69, 9.17) is 9.15 Å². The smallest absolute Gasteiger partial charge is 0.373 e. The summed E-state index contributed by atoms with van der Waals surface area (Å²) in [5, 5.41) is 2.82. The molecule has 29 heavy (non-hydrogen) atoms. The van der Waals surface area contributed by atoms with Crippen LogP contribution in [0.15, 0.2) is 16.5 Å². The number of imide groups is 1. The summed E-state index contributed by atoms with van der Waals surface area (Å²) in [6.07, 6.45) is 2.05. The molecule has 1 aliphatic carbocycles. The second kappa shape index (κ2) is 7.53. The van der Waals surface area contributed by atoms with Crippen molar-refractivity contribution >= 4 is 23.9 Å². The molecule has 3 rings (SSSR count). The Kier molecular flexibility index (Phi) is 5.42. The first-order valence-corrected chi connectivity index (χ1v) is 9.52. The number of furan rings is 1. The summed E-state index contributed by atoms with van der Waals surface area (Å²) in [5.74, 6) is -1.26. The fraction of sp³-hybridized carbons (Fsp3) is 0.600. The van der Waals surface area contributed by atoms with E-state index in [-0.39, 0.29) is 35.4 Å². The molecule has 1 spiro atoms. The van der Waals surface area contributed by atoms with Crippen LogP contribution in [0.4, 0.5) is 4.79 Å². The summed E-state index contributed by atoms with van der Waals surface area (Å²) in [6.45, 7) is 5.50. The number of nitrogens with one attached hydrogen (secondary N) is 1. The molecule has 1 N–H and O–H groups in total. The van der Waals surface area contributed by atoms with Crippen LogP contribution >= 0.6 is 0 Å². The number of amides is 3. The van der Waals surface area contributed by atoms with E-state index in [9.17, 15) is 19.2 Å². The number of methoxy groups -OCH3 is 1. The molecule has 158 valence electrons. The third-order valence-corrected chi connectivity index (χ3v) is 5.34. The Labute approximate surface area is 168 Å². The Morgan fingerprint density at radius 2 is 2.00 bits per heavy atom. The third-order valence-electron chi connectivity index (χ3n) is 5.34. The van der Waals surface area contributed by atoms with Crippen LogP contribution in [0.25, 0.3) is 0 Å². The van der Waals surface area contributed by atoms with Gasteiger partial charge in [-0.2, -0.15) is 0 Å². The van der Waals surface area contributed by atoms with Gasteiger partial charge in [0, 0.05) is 0 Å². The van der Waals surface area contributed by atoms with E-state index < -0.39 is 30.1 Å². The van der Waals surface area contributed by atoms with Crippen molar-refractivity contribution in [2.75, 3.05) is 13.7 Å². The third kappa shape index (κ3) is 4.28. The van der Waals surface area contributed by atoms with Gasteiger partial charge in [0.1, 0.15) is 24.5 Å². The molecule has 1 aliphatic heterocycles. The zero-order valence-corrected chi connectivity index (χ0v) is 17.1. The SMILES string of the molecule is COC(=O)c1ccc(COC(=O)CN2C(=O)N[C@@]3(C[C@H](C)CC(C)(C)C3)C2=O)o1. The lowest BCUT2D eigenvalue weighted by Gasteiger charge is -2.43. The maximum atomic E-state index is 13.0. The minimum Gasteiger partial charge on any atom is -0.463 e. The number of hydrogen-bond donors (Lipinski definition) is 1. The maximum absolute atomic E-state index is 13.0. The molecule has 9 nitrogen and oxygen atoms in total. The first-order valence-electron chi connectivity index (χ1n) is 9.52. The van der Waals surface area contributed by atoms with Gasteiger partial charge in [-0.3, -0.25) is 14.5 Å². The Bertz CT molecular complexity index is 844. The minimum absolute atomic E-state index is 0.0105. The van der Waals surface area contributed by atoms with E-state index >= 15 is 0 Å². The highest BCUT2D eigenvalue weighted by atomic mass is 16.6. The van der Waals surface area contributed by atoms with Gasteiger partial charge in [-0.25, -0.2) is 9.59 Å². The van der Waals surface area contributed by atoms with Crippen molar-refractivity contribution in [3.05, 3.63) is 23.7 Å². The molecule has 2 heterocycles. The second-order valence-electron chi connectivity index (χ2n) is 8.68. The Morgan fingerprint density at radius 1 is 1.28 bits per heavy atom. The van der Waals surface area contributed by atoms with E-state index in [1.54, 1.807) is 0 Å². The van der Waals surface area contributed by atoms with Crippen molar-refractivity contribution in [1.29, 1.82) is 0 Å². The Balaban J connectivity index is 1.60. The van der Waals surface area contributed by atoms with Gasteiger partial charge in [0.2, 0.25) is 5.76 Å². The van der Waals surface area contributed by atoms with Gasteiger partial charge in [-0.15, -0.1) is 0 Å². The largest absolute Gasteiger partial charge is 0.463 e. The van der Waals surface area contributed by atoms with Crippen LogP contribution in [-0.2, 0) is 25.7 Å². The zero-order valence-electron chi connectivity index (χ0n) is 17.1. The molecule has 2 aliphatic rings. The summed E-state index contributed by atoms with van der Waals surface area (Å²) in [4.78, 5) is 49.9. The van der Waals surface area contributed by atoms with E-state index in [0.29, 0.717) is 12.8 Å². The topological polar surface area (TPSA) is 115 Å². The molecular formula is C20H26N2O7. The quantitative estimate of drug-likeness (QED) is 0.589.